The lowest BCUT2D eigenvalue weighted by Gasteiger charge is -2.43. The number of benzene rings is 1. The highest BCUT2D eigenvalue weighted by atomic mass is 79.9. The molecule has 1 aromatic rings. The molecule has 3 rings (SSSR count). The van der Waals surface area contributed by atoms with E-state index in [0.717, 1.165) is 35.7 Å². The summed E-state index contributed by atoms with van der Waals surface area (Å²) in [6.07, 6.45) is 0.996. The topological polar surface area (TPSA) is 37.0 Å². The number of halogens is 1. The Morgan fingerprint density at radius 2 is 2.25 bits per heavy atom. The van der Waals surface area contributed by atoms with Gasteiger partial charge in [-0.25, -0.2) is 0 Å². The van der Waals surface area contributed by atoms with Crippen LogP contribution in [-0.2, 0) is 9.57 Å². The fourth-order valence-corrected chi connectivity index (χ4v) is 4.45. The van der Waals surface area contributed by atoms with Gasteiger partial charge >= 0.3 is 0 Å². The zero-order chi connectivity index (χ0) is 17.1. The molecule has 0 spiro atoms. The minimum absolute atomic E-state index is 0.230. The van der Waals surface area contributed by atoms with Crippen molar-refractivity contribution < 1.29 is 9.57 Å². The fraction of sp³-hybridized carbons (Fsp3) is 0.588. The minimum atomic E-state index is 0.230. The number of hydrogen-bond donors (Lipinski definition) is 1. The summed E-state index contributed by atoms with van der Waals surface area (Å²) in [6.45, 7) is 3.03. The van der Waals surface area contributed by atoms with Crippen molar-refractivity contribution in [1.29, 1.82) is 0 Å². The number of nitrogens with zero attached hydrogens (tertiary/aromatic N) is 2. The molecule has 5 nitrogen and oxygen atoms in total. The maximum absolute atomic E-state index is 5.75. The second kappa shape index (κ2) is 8.10. The number of ether oxygens (including phenoxy) is 1. The Hall–Kier alpha value is -0.730. The number of piperidine rings is 1. The summed E-state index contributed by atoms with van der Waals surface area (Å²) < 4.78 is 6.24. The predicted octanol–water partition coefficient (Wildman–Crippen LogP) is 2.58. The molecule has 0 aromatic heterocycles. The summed E-state index contributed by atoms with van der Waals surface area (Å²) in [5.41, 5.74) is 1.27. The smallest absolute Gasteiger partial charge is 0.169 e. The lowest BCUT2D eigenvalue weighted by atomic mass is 9.86. The quantitative estimate of drug-likeness (QED) is 0.603. The second-order valence-electron chi connectivity index (χ2n) is 6.32. The van der Waals surface area contributed by atoms with Crippen molar-refractivity contribution in [3.05, 3.63) is 34.3 Å². The first-order valence-electron chi connectivity index (χ1n) is 8.25. The second-order valence-corrected chi connectivity index (χ2v) is 7.56. The van der Waals surface area contributed by atoms with Crippen molar-refractivity contribution in [3.8, 4) is 0 Å². The van der Waals surface area contributed by atoms with Crippen molar-refractivity contribution >= 4 is 33.3 Å². The molecule has 2 aliphatic rings. The summed E-state index contributed by atoms with van der Waals surface area (Å²) in [7, 11) is 3.73. The monoisotopic (exact) mass is 413 g/mol. The van der Waals surface area contributed by atoms with E-state index in [-0.39, 0.29) is 6.04 Å². The number of hydroxylamine groups is 2. The van der Waals surface area contributed by atoms with E-state index in [4.69, 9.17) is 21.8 Å². The Bertz CT molecular complexity index is 589. The van der Waals surface area contributed by atoms with E-state index in [1.54, 1.807) is 7.11 Å². The van der Waals surface area contributed by atoms with Crippen LogP contribution < -0.4 is 5.32 Å². The molecular formula is C17H24BrN3O2S. The predicted molar refractivity (Wildman–Crippen MR) is 102 cm³/mol. The molecule has 132 valence electrons. The lowest BCUT2D eigenvalue weighted by molar-refractivity contribution is -0.113. The average molecular weight is 414 g/mol. The molecule has 1 aromatic carbocycles. The molecular weight excluding hydrogens is 390 g/mol. The molecule has 2 aliphatic heterocycles. The number of methoxy groups -OCH3 is 1. The van der Waals surface area contributed by atoms with Gasteiger partial charge in [-0.3, -0.25) is 4.84 Å². The van der Waals surface area contributed by atoms with Crippen molar-refractivity contribution in [2.45, 2.75) is 18.5 Å². The summed E-state index contributed by atoms with van der Waals surface area (Å²) >= 11 is 9.39. The van der Waals surface area contributed by atoms with Gasteiger partial charge < -0.3 is 15.0 Å². The molecule has 0 amide bonds. The van der Waals surface area contributed by atoms with Crippen LogP contribution in [0.15, 0.2) is 28.7 Å². The highest BCUT2D eigenvalue weighted by Crippen LogP contribution is 2.40. The number of likely N-dealkylation sites (tertiary alicyclic amines) is 1. The first-order valence-corrected chi connectivity index (χ1v) is 9.45. The van der Waals surface area contributed by atoms with E-state index in [1.807, 2.05) is 18.2 Å². The first kappa shape index (κ1) is 18.1. The Kier molecular flexibility index (Phi) is 6.10. The maximum Gasteiger partial charge on any atom is 0.169 e. The Balaban J connectivity index is 1.82. The van der Waals surface area contributed by atoms with Gasteiger partial charge in [0.2, 0.25) is 0 Å². The van der Waals surface area contributed by atoms with Gasteiger partial charge in [0.1, 0.15) is 0 Å². The number of fused-ring (bicyclic) bond motifs is 1. The zero-order valence-electron chi connectivity index (χ0n) is 14.1. The molecule has 0 bridgehead atoms. The van der Waals surface area contributed by atoms with Crippen LogP contribution in [0.25, 0.3) is 0 Å². The van der Waals surface area contributed by atoms with Gasteiger partial charge in [0.25, 0.3) is 0 Å². The molecule has 0 saturated carbocycles. The Morgan fingerprint density at radius 1 is 1.46 bits per heavy atom. The summed E-state index contributed by atoms with van der Waals surface area (Å²) in [5.74, 6) is 0.482. The molecule has 2 fully saturated rings. The molecule has 7 heteroatoms. The highest BCUT2D eigenvalue weighted by molar-refractivity contribution is 9.10. The van der Waals surface area contributed by atoms with Crippen LogP contribution in [0.3, 0.4) is 0 Å². The van der Waals surface area contributed by atoms with Crippen LogP contribution in [-0.4, -0.2) is 61.6 Å². The number of thiocarbonyl (C=S) groups is 1. The molecule has 0 radical (unpaired) electrons. The molecule has 2 saturated heterocycles. The molecule has 0 unspecified atom stereocenters. The van der Waals surface area contributed by atoms with E-state index in [0.29, 0.717) is 18.6 Å². The van der Waals surface area contributed by atoms with Crippen LogP contribution in [0.5, 0.6) is 0 Å². The average Bonchev–Trinajstić information content (AvgIpc) is 2.95. The first-order chi connectivity index (χ1) is 11.6. The van der Waals surface area contributed by atoms with E-state index < -0.39 is 0 Å². The van der Waals surface area contributed by atoms with Gasteiger partial charge in [-0.05, 0) is 30.3 Å². The van der Waals surface area contributed by atoms with Crippen LogP contribution >= 0.6 is 28.1 Å². The summed E-state index contributed by atoms with van der Waals surface area (Å²) in [6, 6.07) is 9.06. The van der Waals surface area contributed by atoms with E-state index in [1.165, 1.54) is 5.56 Å². The lowest BCUT2D eigenvalue weighted by Crippen LogP contribution is -2.52. The summed E-state index contributed by atoms with van der Waals surface area (Å²) in [4.78, 5) is 8.07. The van der Waals surface area contributed by atoms with Crippen molar-refractivity contribution in [2.24, 2.45) is 5.92 Å². The van der Waals surface area contributed by atoms with Crippen LogP contribution in [0, 0.1) is 5.92 Å². The van der Waals surface area contributed by atoms with Crippen LogP contribution in [0.4, 0.5) is 0 Å². The van der Waals surface area contributed by atoms with Gasteiger partial charge in [-0.1, -0.05) is 34.1 Å². The van der Waals surface area contributed by atoms with Crippen LogP contribution in [0.2, 0.25) is 0 Å². The van der Waals surface area contributed by atoms with Gasteiger partial charge in [-0.2, -0.15) is 5.06 Å². The van der Waals surface area contributed by atoms with Gasteiger partial charge in [0.15, 0.2) is 5.11 Å². The standard InChI is InChI=1S/C17H24BrN3O2S/c1-20-15-9-16(13-5-3-4-6-14(13)18)21(10-12(15)11-23-20)17(24)19-7-8-22-2/h3-6,12,15-16H,7-11H2,1-2H3,(H,19,24)/t12-,15-,16-/m0/s1. The number of nitrogens with one attached hydrogen (secondary N) is 1. The van der Waals surface area contributed by atoms with E-state index in [2.05, 4.69) is 44.3 Å². The van der Waals surface area contributed by atoms with E-state index >= 15 is 0 Å². The molecule has 1 N–H and O–H groups in total. The van der Waals surface area contributed by atoms with Crippen molar-refractivity contribution in [1.82, 2.24) is 15.3 Å². The molecule has 0 aliphatic carbocycles. The van der Waals surface area contributed by atoms with Crippen molar-refractivity contribution in [3.63, 3.8) is 0 Å². The SMILES string of the molecule is COCCNC(=S)N1C[C@H]2CON(C)[C@H]2C[C@H]1c1ccccc1Br. The Morgan fingerprint density at radius 3 is 3.00 bits per heavy atom. The number of hydrogen-bond acceptors (Lipinski definition) is 4. The summed E-state index contributed by atoms with van der Waals surface area (Å²) in [5, 5.41) is 6.14. The van der Waals surface area contributed by atoms with E-state index in [9.17, 15) is 0 Å². The third kappa shape index (κ3) is 3.75. The third-order valence-electron chi connectivity index (χ3n) is 4.88. The largest absolute Gasteiger partial charge is 0.383 e. The normalized spacial score (nSPS) is 27.1. The van der Waals surface area contributed by atoms with Gasteiger partial charge in [0.05, 0.1) is 19.3 Å². The molecule has 24 heavy (non-hydrogen) atoms. The highest BCUT2D eigenvalue weighted by Gasteiger charge is 2.43. The van der Waals surface area contributed by atoms with Gasteiger partial charge in [0, 0.05) is 43.7 Å². The van der Waals surface area contributed by atoms with Crippen LogP contribution in [0.1, 0.15) is 18.0 Å². The minimum Gasteiger partial charge on any atom is -0.383 e. The third-order valence-corrected chi connectivity index (χ3v) is 5.98. The Labute approximate surface area is 157 Å². The number of rotatable bonds is 4. The maximum atomic E-state index is 5.75. The van der Waals surface area contributed by atoms with Crippen molar-refractivity contribution in [2.75, 3.05) is 40.5 Å². The fourth-order valence-electron chi connectivity index (χ4n) is 3.59. The molecule has 3 atom stereocenters. The zero-order valence-corrected chi connectivity index (χ0v) is 16.5. The van der Waals surface area contributed by atoms with Gasteiger partial charge in [-0.15, -0.1) is 0 Å². The molecule has 2 heterocycles.